The van der Waals surface area contributed by atoms with Gasteiger partial charge in [-0.15, -0.1) is 11.3 Å². The number of thiophene rings is 1. The van der Waals surface area contributed by atoms with Crippen molar-refractivity contribution in [2.24, 2.45) is 0 Å². The van der Waals surface area contributed by atoms with E-state index in [4.69, 9.17) is 5.73 Å². The maximum absolute atomic E-state index is 12.5. The van der Waals surface area contributed by atoms with Gasteiger partial charge in [0.25, 0.3) is 0 Å². The second-order valence-electron chi connectivity index (χ2n) is 6.77. The van der Waals surface area contributed by atoms with Crippen LogP contribution >= 0.6 is 11.3 Å². The van der Waals surface area contributed by atoms with E-state index in [2.05, 4.69) is 5.32 Å². The fraction of sp³-hybridized carbons (Fsp3) is 0.474. The van der Waals surface area contributed by atoms with Gasteiger partial charge in [-0.05, 0) is 26.1 Å². The molecule has 2 heterocycles. The normalized spacial score (nSPS) is 16.4. The number of carbonyl (C=O) groups is 2. The molecule has 0 aliphatic carbocycles. The van der Waals surface area contributed by atoms with Gasteiger partial charge in [0, 0.05) is 43.1 Å². The van der Waals surface area contributed by atoms with Crippen LogP contribution in [0.4, 0.5) is 16.2 Å². The Balaban J connectivity index is 2.18. The molecular formula is C19H29N5O2S. The van der Waals surface area contributed by atoms with Gasteiger partial charge in [-0.2, -0.15) is 0 Å². The van der Waals surface area contributed by atoms with Crippen LogP contribution in [-0.2, 0) is 4.79 Å². The molecule has 1 aromatic heterocycles. The summed E-state index contributed by atoms with van der Waals surface area (Å²) in [5.41, 5.74) is 8.44. The third-order valence-electron chi connectivity index (χ3n) is 4.23. The van der Waals surface area contributed by atoms with Crippen molar-refractivity contribution in [1.29, 1.82) is 0 Å². The second-order valence-corrected chi connectivity index (χ2v) is 7.51. The summed E-state index contributed by atoms with van der Waals surface area (Å²) < 4.78 is 0. The van der Waals surface area contributed by atoms with Crippen LogP contribution in [0.1, 0.15) is 13.3 Å². The lowest BCUT2D eigenvalue weighted by Crippen LogP contribution is -2.44. The van der Waals surface area contributed by atoms with Crippen LogP contribution in [0.5, 0.6) is 0 Å². The maximum Gasteiger partial charge on any atom is 0.317 e. The van der Waals surface area contributed by atoms with Gasteiger partial charge >= 0.3 is 6.03 Å². The first-order valence-electron chi connectivity index (χ1n) is 9.08. The SMILES string of the molecule is CCCNC(=O)N(CCN(C)C)CC1=CN(c2cscc2N)C(C=O)C=C1. The highest BCUT2D eigenvalue weighted by Crippen LogP contribution is 2.31. The predicted molar refractivity (Wildman–Crippen MR) is 112 cm³/mol. The van der Waals surface area contributed by atoms with Gasteiger partial charge in [-0.3, -0.25) is 0 Å². The van der Waals surface area contributed by atoms with Crippen LogP contribution in [0.3, 0.4) is 0 Å². The minimum absolute atomic E-state index is 0.0768. The first kappa shape index (κ1) is 21.0. The molecule has 8 heteroatoms. The van der Waals surface area contributed by atoms with Crippen molar-refractivity contribution >= 4 is 35.0 Å². The molecular weight excluding hydrogens is 362 g/mol. The molecule has 1 aliphatic rings. The van der Waals surface area contributed by atoms with E-state index in [-0.39, 0.29) is 6.03 Å². The number of carbonyl (C=O) groups excluding carboxylic acids is 2. The number of aldehydes is 1. The zero-order chi connectivity index (χ0) is 19.8. The van der Waals surface area contributed by atoms with Crippen molar-refractivity contribution in [3.05, 3.63) is 34.7 Å². The lowest BCUT2D eigenvalue weighted by molar-refractivity contribution is -0.108. The molecule has 1 aliphatic heterocycles. The molecule has 1 unspecified atom stereocenters. The number of nitrogens with two attached hydrogens (primary N) is 1. The van der Waals surface area contributed by atoms with Gasteiger partial charge < -0.3 is 30.5 Å². The largest absolute Gasteiger partial charge is 0.396 e. The molecule has 0 spiro atoms. The lowest BCUT2D eigenvalue weighted by Gasteiger charge is -2.31. The zero-order valence-corrected chi connectivity index (χ0v) is 17.0. The first-order chi connectivity index (χ1) is 13.0. The predicted octanol–water partition coefficient (Wildman–Crippen LogP) is 2.14. The van der Waals surface area contributed by atoms with Crippen molar-refractivity contribution < 1.29 is 9.59 Å². The quantitative estimate of drug-likeness (QED) is 0.630. The number of hydrogen-bond donors (Lipinski definition) is 2. The fourth-order valence-electron chi connectivity index (χ4n) is 2.70. The van der Waals surface area contributed by atoms with Crippen molar-refractivity contribution in [1.82, 2.24) is 15.1 Å². The Kier molecular flexibility index (Phi) is 7.87. The minimum atomic E-state index is -0.394. The summed E-state index contributed by atoms with van der Waals surface area (Å²) in [5.74, 6) is 0. The molecule has 0 bridgehead atoms. The van der Waals surface area contributed by atoms with Crippen LogP contribution in [0.15, 0.2) is 34.7 Å². The summed E-state index contributed by atoms with van der Waals surface area (Å²) in [4.78, 5) is 29.7. The number of nitrogens with zero attached hydrogens (tertiary/aromatic N) is 3. The Morgan fingerprint density at radius 2 is 2.15 bits per heavy atom. The van der Waals surface area contributed by atoms with Crippen molar-refractivity contribution in [2.75, 3.05) is 50.9 Å². The number of anilines is 2. The van der Waals surface area contributed by atoms with Gasteiger partial charge in [0.1, 0.15) is 12.3 Å². The van der Waals surface area contributed by atoms with Crippen LogP contribution in [0.2, 0.25) is 0 Å². The minimum Gasteiger partial charge on any atom is -0.396 e. The van der Waals surface area contributed by atoms with Crippen molar-refractivity contribution in [3.8, 4) is 0 Å². The van der Waals surface area contributed by atoms with Crippen LogP contribution < -0.4 is 16.0 Å². The molecule has 148 valence electrons. The molecule has 2 amide bonds. The van der Waals surface area contributed by atoms with E-state index >= 15 is 0 Å². The van der Waals surface area contributed by atoms with E-state index in [9.17, 15) is 9.59 Å². The standard InChI is InChI=1S/C19H29N5O2S/c1-4-7-21-19(26)23(9-8-22(2)3)10-15-5-6-16(12-25)24(11-15)18-14-27-13-17(18)20/h5-6,11-14,16H,4,7-10,20H2,1-3H3,(H,21,26). The average Bonchev–Trinajstić information content (AvgIpc) is 3.08. The molecule has 3 N–H and O–H groups in total. The second kappa shape index (κ2) is 10.1. The fourth-order valence-corrected chi connectivity index (χ4v) is 3.43. The number of likely N-dealkylation sites (N-methyl/N-ethyl adjacent to an activating group) is 1. The third-order valence-corrected chi connectivity index (χ3v) is 4.97. The third kappa shape index (κ3) is 5.83. The van der Waals surface area contributed by atoms with E-state index < -0.39 is 6.04 Å². The summed E-state index contributed by atoms with van der Waals surface area (Å²) in [6, 6.07) is -0.470. The average molecular weight is 392 g/mol. The first-order valence-corrected chi connectivity index (χ1v) is 10.0. The summed E-state index contributed by atoms with van der Waals surface area (Å²) >= 11 is 1.50. The Bertz CT molecular complexity index is 698. The smallest absolute Gasteiger partial charge is 0.317 e. The Morgan fingerprint density at radius 3 is 2.74 bits per heavy atom. The van der Waals surface area contributed by atoms with Gasteiger partial charge in [-0.1, -0.05) is 19.1 Å². The summed E-state index contributed by atoms with van der Waals surface area (Å²) in [7, 11) is 3.97. The van der Waals surface area contributed by atoms with Crippen molar-refractivity contribution in [2.45, 2.75) is 19.4 Å². The molecule has 1 aromatic rings. The van der Waals surface area contributed by atoms with Crippen LogP contribution in [0.25, 0.3) is 0 Å². The van der Waals surface area contributed by atoms with Crippen molar-refractivity contribution in [3.63, 3.8) is 0 Å². The highest BCUT2D eigenvalue weighted by atomic mass is 32.1. The monoisotopic (exact) mass is 391 g/mol. The number of amides is 2. The van der Waals surface area contributed by atoms with E-state index in [1.807, 2.05) is 59.9 Å². The number of rotatable bonds is 9. The molecule has 0 saturated carbocycles. The van der Waals surface area contributed by atoms with Gasteiger partial charge in [0.2, 0.25) is 0 Å². The van der Waals surface area contributed by atoms with Crippen LogP contribution in [0, 0.1) is 0 Å². The molecule has 0 fully saturated rings. The lowest BCUT2D eigenvalue weighted by atomic mass is 10.1. The van der Waals surface area contributed by atoms with Crippen LogP contribution in [-0.4, -0.2) is 68.4 Å². The van der Waals surface area contributed by atoms with E-state index in [0.29, 0.717) is 25.3 Å². The summed E-state index contributed by atoms with van der Waals surface area (Å²) in [6.45, 7) is 4.53. The van der Waals surface area contributed by atoms with Gasteiger partial charge in [-0.25, -0.2) is 4.79 Å². The van der Waals surface area contributed by atoms with Gasteiger partial charge in [0.05, 0.1) is 11.4 Å². The molecule has 2 rings (SSSR count). The zero-order valence-electron chi connectivity index (χ0n) is 16.2. The number of urea groups is 1. The van der Waals surface area contributed by atoms with E-state index in [0.717, 1.165) is 30.5 Å². The molecule has 0 aromatic carbocycles. The Labute approximate surface area is 165 Å². The maximum atomic E-state index is 12.5. The summed E-state index contributed by atoms with van der Waals surface area (Å²) in [6.07, 6.45) is 7.44. The highest BCUT2D eigenvalue weighted by molar-refractivity contribution is 7.08. The molecule has 7 nitrogen and oxygen atoms in total. The number of hydrogen-bond acceptors (Lipinski definition) is 6. The topological polar surface area (TPSA) is 81.9 Å². The Morgan fingerprint density at radius 1 is 1.37 bits per heavy atom. The number of nitrogen functional groups attached to an aromatic ring is 1. The summed E-state index contributed by atoms with van der Waals surface area (Å²) in [5, 5.41) is 6.72. The van der Waals surface area contributed by atoms with Gasteiger partial charge in [0.15, 0.2) is 0 Å². The van der Waals surface area contributed by atoms with E-state index in [1.165, 1.54) is 11.3 Å². The molecule has 27 heavy (non-hydrogen) atoms. The molecule has 0 saturated heterocycles. The molecule has 1 atom stereocenters. The Hall–Kier alpha value is -2.32. The number of nitrogens with one attached hydrogen (secondary N) is 1. The van der Waals surface area contributed by atoms with E-state index in [1.54, 1.807) is 4.90 Å². The highest BCUT2D eigenvalue weighted by Gasteiger charge is 2.22. The molecule has 0 radical (unpaired) electrons.